The smallest absolute Gasteiger partial charge is 0.306 e. The fraction of sp³-hybridized carbons (Fsp3) is 0.545. The molecule has 1 saturated heterocycles. The van der Waals surface area contributed by atoms with Gasteiger partial charge in [-0.25, -0.2) is 0 Å². The molecular weight excluding hydrogens is 588 g/mol. The summed E-state index contributed by atoms with van der Waals surface area (Å²) in [4.78, 5) is 42.2. The number of benzene rings is 2. The van der Waals surface area contributed by atoms with Crippen molar-refractivity contribution >= 4 is 35.1 Å². The summed E-state index contributed by atoms with van der Waals surface area (Å²) in [5, 5.41) is 22.0. The molecule has 1 fully saturated rings. The SMILES string of the molecule is CCOC(=O)CC1CCN(C(=O)CCC(=O)N(CC(C)(C)CO)c2c(OC)cc(Cl)cc2[C@H](O)c2ccccc2OC)CC1. The number of carbonyl (C=O) groups excluding carboxylic acids is 3. The zero-order chi connectivity index (χ0) is 32.4. The maximum Gasteiger partial charge on any atom is 0.306 e. The minimum Gasteiger partial charge on any atom is -0.496 e. The third-order valence-corrected chi connectivity index (χ3v) is 8.10. The van der Waals surface area contributed by atoms with Gasteiger partial charge in [-0.3, -0.25) is 14.4 Å². The van der Waals surface area contributed by atoms with Gasteiger partial charge in [0.25, 0.3) is 0 Å². The average Bonchev–Trinajstić information content (AvgIpc) is 3.02. The van der Waals surface area contributed by atoms with E-state index in [0.717, 1.165) is 0 Å². The summed E-state index contributed by atoms with van der Waals surface area (Å²) in [6.45, 7) is 6.65. The Kier molecular flexibility index (Phi) is 12.9. The number of aliphatic hydroxyl groups excluding tert-OH is 2. The molecule has 1 aliphatic rings. The van der Waals surface area contributed by atoms with Gasteiger partial charge < -0.3 is 34.2 Å². The van der Waals surface area contributed by atoms with Crippen molar-refractivity contribution in [1.29, 1.82) is 0 Å². The van der Waals surface area contributed by atoms with Crippen LogP contribution in [0.1, 0.15) is 70.1 Å². The number of ether oxygens (including phenoxy) is 3. The predicted molar refractivity (Wildman–Crippen MR) is 168 cm³/mol. The van der Waals surface area contributed by atoms with Crippen LogP contribution in [0.2, 0.25) is 5.02 Å². The lowest BCUT2D eigenvalue weighted by Crippen LogP contribution is -2.43. The highest BCUT2D eigenvalue weighted by Gasteiger charge is 2.33. The summed E-state index contributed by atoms with van der Waals surface area (Å²) in [5.41, 5.74) is 0.360. The molecule has 0 radical (unpaired) electrons. The first-order valence-electron chi connectivity index (χ1n) is 15.0. The topological polar surface area (TPSA) is 126 Å². The molecule has 0 aromatic heterocycles. The van der Waals surface area contributed by atoms with Crippen molar-refractivity contribution in [3.05, 3.63) is 52.5 Å². The molecule has 1 atom stereocenters. The number of amides is 2. The summed E-state index contributed by atoms with van der Waals surface area (Å²) < 4.78 is 16.2. The van der Waals surface area contributed by atoms with Crippen LogP contribution in [0.15, 0.2) is 36.4 Å². The van der Waals surface area contributed by atoms with E-state index in [-0.39, 0.29) is 55.4 Å². The number of hydrogen-bond donors (Lipinski definition) is 2. The number of aliphatic hydroxyl groups is 2. The van der Waals surface area contributed by atoms with Crippen LogP contribution in [0.5, 0.6) is 11.5 Å². The van der Waals surface area contributed by atoms with E-state index in [0.29, 0.717) is 66.5 Å². The molecule has 0 aliphatic carbocycles. The molecule has 3 rings (SSSR count). The number of halogens is 1. The van der Waals surface area contributed by atoms with Crippen LogP contribution in [0.25, 0.3) is 0 Å². The minimum absolute atomic E-state index is 0.0161. The number of carbonyl (C=O) groups is 3. The Hall–Kier alpha value is -3.34. The van der Waals surface area contributed by atoms with Crippen molar-refractivity contribution in [2.24, 2.45) is 11.3 Å². The van der Waals surface area contributed by atoms with Crippen molar-refractivity contribution in [3.63, 3.8) is 0 Å². The fourth-order valence-corrected chi connectivity index (χ4v) is 5.64. The summed E-state index contributed by atoms with van der Waals surface area (Å²) in [5.74, 6) is 0.148. The molecule has 10 nitrogen and oxygen atoms in total. The molecule has 2 N–H and O–H groups in total. The molecule has 11 heteroatoms. The molecule has 242 valence electrons. The van der Waals surface area contributed by atoms with Crippen LogP contribution in [-0.4, -0.2) is 80.0 Å². The van der Waals surface area contributed by atoms with Crippen LogP contribution in [0, 0.1) is 11.3 Å². The highest BCUT2D eigenvalue weighted by atomic mass is 35.5. The van der Waals surface area contributed by atoms with Gasteiger partial charge in [0.2, 0.25) is 11.8 Å². The molecule has 0 saturated carbocycles. The van der Waals surface area contributed by atoms with E-state index in [9.17, 15) is 24.6 Å². The number of methoxy groups -OCH3 is 2. The summed E-state index contributed by atoms with van der Waals surface area (Å²) in [6.07, 6.45) is 0.384. The predicted octanol–water partition coefficient (Wildman–Crippen LogP) is 4.76. The van der Waals surface area contributed by atoms with E-state index in [1.54, 1.807) is 48.2 Å². The number of para-hydroxylation sites is 1. The van der Waals surface area contributed by atoms with Gasteiger partial charge in [-0.2, -0.15) is 0 Å². The van der Waals surface area contributed by atoms with Gasteiger partial charge in [-0.05, 0) is 37.8 Å². The number of hydrogen-bond acceptors (Lipinski definition) is 8. The zero-order valence-corrected chi connectivity index (χ0v) is 27.1. The van der Waals surface area contributed by atoms with Crippen molar-refractivity contribution in [2.45, 2.75) is 59.0 Å². The zero-order valence-electron chi connectivity index (χ0n) is 26.3. The Morgan fingerprint density at radius 3 is 2.32 bits per heavy atom. The highest BCUT2D eigenvalue weighted by Crippen LogP contribution is 2.43. The fourth-order valence-electron chi connectivity index (χ4n) is 5.43. The van der Waals surface area contributed by atoms with Crippen molar-refractivity contribution in [2.75, 3.05) is 52.0 Å². The Morgan fingerprint density at radius 2 is 1.70 bits per heavy atom. The van der Waals surface area contributed by atoms with Crippen molar-refractivity contribution < 1.29 is 38.8 Å². The van der Waals surface area contributed by atoms with Gasteiger partial charge in [0.15, 0.2) is 0 Å². The van der Waals surface area contributed by atoms with Crippen LogP contribution in [0.4, 0.5) is 5.69 Å². The summed E-state index contributed by atoms with van der Waals surface area (Å²) >= 11 is 6.45. The van der Waals surface area contributed by atoms with Crippen LogP contribution in [0.3, 0.4) is 0 Å². The lowest BCUT2D eigenvalue weighted by molar-refractivity contribution is -0.144. The van der Waals surface area contributed by atoms with Crippen LogP contribution in [-0.2, 0) is 19.1 Å². The Balaban J connectivity index is 1.87. The Bertz CT molecular complexity index is 1290. The van der Waals surface area contributed by atoms with Gasteiger partial charge in [-0.15, -0.1) is 0 Å². The van der Waals surface area contributed by atoms with Crippen LogP contribution >= 0.6 is 11.6 Å². The highest BCUT2D eigenvalue weighted by molar-refractivity contribution is 6.31. The second kappa shape index (κ2) is 16.1. The molecule has 1 aliphatic heterocycles. The molecule has 0 bridgehead atoms. The van der Waals surface area contributed by atoms with Gasteiger partial charge in [0.05, 0.1) is 26.5 Å². The van der Waals surface area contributed by atoms with Crippen LogP contribution < -0.4 is 14.4 Å². The van der Waals surface area contributed by atoms with Gasteiger partial charge >= 0.3 is 5.97 Å². The second-order valence-corrected chi connectivity index (χ2v) is 12.3. The number of nitrogens with zero attached hydrogens (tertiary/aromatic N) is 2. The first-order valence-corrected chi connectivity index (χ1v) is 15.3. The third kappa shape index (κ3) is 9.09. The van der Waals surface area contributed by atoms with E-state index in [1.165, 1.54) is 19.1 Å². The minimum atomic E-state index is -1.24. The molecule has 1 heterocycles. The van der Waals surface area contributed by atoms with E-state index in [1.807, 2.05) is 13.8 Å². The monoisotopic (exact) mass is 632 g/mol. The van der Waals surface area contributed by atoms with Crippen molar-refractivity contribution in [1.82, 2.24) is 4.90 Å². The maximum atomic E-state index is 14.0. The van der Waals surface area contributed by atoms with Crippen molar-refractivity contribution in [3.8, 4) is 11.5 Å². The van der Waals surface area contributed by atoms with Gasteiger partial charge in [-0.1, -0.05) is 43.6 Å². The first kappa shape index (κ1) is 35.1. The number of rotatable bonds is 14. The molecule has 0 spiro atoms. The van der Waals surface area contributed by atoms with E-state index in [2.05, 4.69) is 0 Å². The van der Waals surface area contributed by atoms with Gasteiger partial charge in [0.1, 0.15) is 17.6 Å². The number of anilines is 1. The number of esters is 1. The number of piperidine rings is 1. The Labute approximate surface area is 264 Å². The lowest BCUT2D eigenvalue weighted by atomic mass is 9.92. The largest absolute Gasteiger partial charge is 0.496 e. The van der Waals surface area contributed by atoms with E-state index in [4.69, 9.17) is 25.8 Å². The quantitative estimate of drug-likeness (QED) is 0.286. The third-order valence-electron chi connectivity index (χ3n) is 7.88. The molecule has 44 heavy (non-hydrogen) atoms. The van der Waals surface area contributed by atoms with Gasteiger partial charge in [0, 0.05) is 73.1 Å². The maximum absolute atomic E-state index is 14.0. The molecular formula is C33H45ClN2O8. The lowest BCUT2D eigenvalue weighted by Gasteiger charge is -2.35. The second-order valence-electron chi connectivity index (χ2n) is 11.8. The molecule has 2 aromatic rings. The normalized spacial score (nSPS) is 14.6. The molecule has 2 aromatic carbocycles. The Morgan fingerprint density at radius 1 is 1.05 bits per heavy atom. The molecule has 0 unspecified atom stereocenters. The van der Waals surface area contributed by atoms with E-state index >= 15 is 0 Å². The summed E-state index contributed by atoms with van der Waals surface area (Å²) in [7, 11) is 2.95. The average molecular weight is 633 g/mol. The van der Waals surface area contributed by atoms with E-state index < -0.39 is 11.5 Å². The first-order chi connectivity index (χ1) is 20.9. The number of likely N-dealkylation sites (tertiary alicyclic amines) is 1. The molecule has 2 amide bonds. The summed E-state index contributed by atoms with van der Waals surface area (Å²) in [6, 6.07) is 10.1. The standard InChI is InChI=1S/C33H45ClN2O8/c1-6-44-30(40)17-22-13-15-35(16-14-22)28(38)11-12-29(39)36(20-33(2,3)21-37)31-25(18-23(34)19-27(31)43-5)32(41)24-9-7-8-10-26(24)42-4/h7-10,18-19,22,32,37,41H,6,11-17,20-21H2,1-5H3/t32-/m1/s1.